The maximum atomic E-state index is 4.49. The van der Waals surface area contributed by atoms with E-state index in [2.05, 4.69) is 31.7 Å². The fourth-order valence-electron chi connectivity index (χ4n) is 2.82. The van der Waals surface area contributed by atoms with E-state index in [-0.39, 0.29) is 0 Å². The molecule has 0 aliphatic carbocycles. The van der Waals surface area contributed by atoms with Crippen molar-refractivity contribution >= 4 is 28.8 Å². The highest BCUT2D eigenvalue weighted by molar-refractivity contribution is 5.87. The zero-order valence-electron chi connectivity index (χ0n) is 13.8. The van der Waals surface area contributed by atoms with E-state index < -0.39 is 0 Å². The first-order valence-electron chi connectivity index (χ1n) is 8.03. The Morgan fingerprint density at radius 1 is 1.12 bits per heavy atom. The Balaban J connectivity index is 1.89. The molecule has 0 aliphatic heterocycles. The highest BCUT2D eigenvalue weighted by Gasteiger charge is 2.10. The van der Waals surface area contributed by atoms with Crippen molar-refractivity contribution in [2.24, 2.45) is 0 Å². The topological polar surface area (TPSA) is 70.2 Å². The largest absolute Gasteiger partial charge is 0.352 e. The number of aromatic amines is 2. The van der Waals surface area contributed by atoms with E-state index in [9.17, 15) is 0 Å². The number of pyridine rings is 2. The zero-order chi connectivity index (χ0) is 17.2. The van der Waals surface area contributed by atoms with E-state index in [1.54, 1.807) is 12.4 Å². The van der Waals surface area contributed by atoms with Gasteiger partial charge in [-0.2, -0.15) is 5.10 Å². The van der Waals surface area contributed by atoms with E-state index in [4.69, 9.17) is 0 Å². The predicted molar refractivity (Wildman–Crippen MR) is 101 cm³/mol. The molecule has 2 N–H and O–H groups in total. The molecule has 5 heteroatoms. The Morgan fingerprint density at radius 3 is 2.76 bits per heavy atom. The number of nitrogens with zero attached hydrogens (tertiary/aromatic N) is 3. The van der Waals surface area contributed by atoms with Gasteiger partial charge in [-0.1, -0.05) is 18.7 Å². The monoisotopic (exact) mass is 327 g/mol. The van der Waals surface area contributed by atoms with Crippen molar-refractivity contribution in [2.45, 2.75) is 6.92 Å². The lowest BCUT2D eigenvalue weighted by atomic mass is 10.1. The van der Waals surface area contributed by atoms with Gasteiger partial charge in [0.25, 0.3) is 0 Å². The Labute approximate surface area is 144 Å². The molecule has 0 aromatic carbocycles. The van der Waals surface area contributed by atoms with E-state index in [1.807, 2.05) is 55.5 Å². The third-order valence-electron chi connectivity index (χ3n) is 4.08. The van der Waals surface area contributed by atoms with Crippen LogP contribution < -0.4 is 10.6 Å². The van der Waals surface area contributed by atoms with Gasteiger partial charge in [-0.3, -0.25) is 15.1 Å². The fraction of sp³-hybridized carbons (Fsp3) is 0.0500. The molecule has 0 radical (unpaired) electrons. The van der Waals surface area contributed by atoms with Crippen molar-refractivity contribution in [3.8, 4) is 11.4 Å². The summed E-state index contributed by atoms with van der Waals surface area (Å²) in [4.78, 5) is 12.1. The molecular weight excluding hydrogens is 310 g/mol. The molecule has 122 valence electrons. The number of rotatable bonds is 3. The summed E-state index contributed by atoms with van der Waals surface area (Å²) >= 11 is 0. The summed E-state index contributed by atoms with van der Waals surface area (Å²) in [6.45, 7) is 6.13. The number of hydrogen-bond acceptors (Lipinski definition) is 3. The number of fused-ring (bicyclic) bond motifs is 1. The lowest BCUT2D eigenvalue weighted by Crippen LogP contribution is -2.23. The van der Waals surface area contributed by atoms with Gasteiger partial charge >= 0.3 is 0 Å². The van der Waals surface area contributed by atoms with Gasteiger partial charge in [0, 0.05) is 17.6 Å². The van der Waals surface area contributed by atoms with Crippen LogP contribution in [0.4, 0.5) is 0 Å². The van der Waals surface area contributed by atoms with Crippen LogP contribution in [0.5, 0.6) is 0 Å². The van der Waals surface area contributed by atoms with Crippen molar-refractivity contribution in [3.63, 3.8) is 0 Å². The molecule has 0 saturated carbocycles. The molecule has 0 unspecified atom stereocenters. The summed E-state index contributed by atoms with van der Waals surface area (Å²) in [6, 6.07) is 11.7. The van der Waals surface area contributed by atoms with Gasteiger partial charge in [0.05, 0.1) is 27.8 Å². The molecule has 4 aromatic heterocycles. The number of H-pyrrole nitrogens is 2. The van der Waals surface area contributed by atoms with Crippen molar-refractivity contribution < 1.29 is 0 Å². The van der Waals surface area contributed by atoms with Crippen molar-refractivity contribution in [3.05, 3.63) is 71.6 Å². The van der Waals surface area contributed by atoms with Gasteiger partial charge in [-0.05, 0) is 48.9 Å². The number of aromatic nitrogens is 5. The Hall–Kier alpha value is -3.47. The second kappa shape index (κ2) is 6.20. The number of hydrogen-bond donors (Lipinski definition) is 2. The van der Waals surface area contributed by atoms with Crippen LogP contribution in [0, 0.1) is 0 Å². The summed E-state index contributed by atoms with van der Waals surface area (Å²) in [7, 11) is 0. The highest BCUT2D eigenvalue weighted by Crippen LogP contribution is 2.18. The van der Waals surface area contributed by atoms with Gasteiger partial charge in [0.15, 0.2) is 0 Å². The fourth-order valence-corrected chi connectivity index (χ4v) is 2.82. The molecule has 0 aliphatic rings. The number of allylic oxidation sites excluding steroid dienone is 1. The molecule has 4 heterocycles. The maximum Gasteiger partial charge on any atom is 0.116 e. The Kier molecular flexibility index (Phi) is 3.74. The average molecular weight is 327 g/mol. The molecule has 0 bridgehead atoms. The normalized spacial score (nSPS) is 12.8. The molecule has 0 fully saturated rings. The second-order valence-electron chi connectivity index (χ2n) is 5.69. The Morgan fingerprint density at radius 2 is 2.00 bits per heavy atom. The molecule has 4 aromatic rings. The second-order valence-corrected chi connectivity index (χ2v) is 5.69. The third-order valence-corrected chi connectivity index (χ3v) is 4.08. The van der Waals surface area contributed by atoms with Crippen molar-refractivity contribution in [1.82, 2.24) is 25.1 Å². The highest BCUT2D eigenvalue weighted by atomic mass is 15.1. The molecule has 0 saturated heterocycles. The summed E-state index contributed by atoms with van der Waals surface area (Å²) in [5.74, 6) is 0. The quantitative estimate of drug-likeness (QED) is 0.608. The van der Waals surface area contributed by atoms with Crippen molar-refractivity contribution in [2.75, 3.05) is 0 Å². The van der Waals surface area contributed by atoms with Crippen LogP contribution in [0.25, 0.3) is 40.1 Å². The minimum absolute atomic E-state index is 0.834. The molecule has 0 amide bonds. The average Bonchev–Trinajstić information content (AvgIpc) is 3.25. The van der Waals surface area contributed by atoms with Gasteiger partial charge < -0.3 is 4.98 Å². The maximum absolute atomic E-state index is 4.49. The molecular formula is C20H17N5. The van der Waals surface area contributed by atoms with Crippen LogP contribution in [0.2, 0.25) is 0 Å². The first-order valence-corrected chi connectivity index (χ1v) is 8.03. The molecule has 4 rings (SSSR count). The first-order chi connectivity index (χ1) is 12.3. The van der Waals surface area contributed by atoms with E-state index in [0.29, 0.717) is 0 Å². The minimum Gasteiger partial charge on any atom is -0.352 e. The van der Waals surface area contributed by atoms with Crippen LogP contribution in [-0.4, -0.2) is 25.1 Å². The van der Waals surface area contributed by atoms with Gasteiger partial charge in [-0.25, -0.2) is 0 Å². The minimum atomic E-state index is 0.834. The summed E-state index contributed by atoms with van der Waals surface area (Å²) in [5.41, 5.74) is 5.32. The van der Waals surface area contributed by atoms with Crippen LogP contribution in [0.15, 0.2) is 55.4 Å². The molecule has 5 nitrogen and oxygen atoms in total. The third kappa shape index (κ3) is 2.76. The van der Waals surface area contributed by atoms with Crippen LogP contribution >= 0.6 is 0 Å². The molecule has 0 atom stereocenters. The SMILES string of the molecule is C=C(/C=c1/c(-c2cc3ncccc3[nH]2)n[nH]/c1=C/C)c1ccccn1. The lowest BCUT2D eigenvalue weighted by Gasteiger charge is -1.98. The first kappa shape index (κ1) is 15.1. The van der Waals surface area contributed by atoms with E-state index >= 15 is 0 Å². The molecule has 0 spiro atoms. The van der Waals surface area contributed by atoms with E-state index in [0.717, 1.165) is 44.3 Å². The summed E-state index contributed by atoms with van der Waals surface area (Å²) in [6.07, 6.45) is 7.55. The van der Waals surface area contributed by atoms with Crippen LogP contribution in [0.1, 0.15) is 12.6 Å². The summed E-state index contributed by atoms with van der Waals surface area (Å²) in [5, 5.41) is 9.50. The van der Waals surface area contributed by atoms with E-state index in [1.165, 1.54) is 0 Å². The Bertz CT molecular complexity index is 1130. The predicted octanol–water partition coefficient (Wildman–Crippen LogP) is 2.64. The smallest absolute Gasteiger partial charge is 0.116 e. The molecule has 25 heavy (non-hydrogen) atoms. The lowest BCUT2D eigenvalue weighted by molar-refractivity contribution is 1.06. The zero-order valence-corrected chi connectivity index (χ0v) is 13.8. The van der Waals surface area contributed by atoms with Gasteiger partial charge in [-0.15, -0.1) is 0 Å². The van der Waals surface area contributed by atoms with Crippen molar-refractivity contribution in [1.29, 1.82) is 0 Å². The standard InChI is InChI=1S/C20H17N5/c1-3-15-14(11-13(2)16-7-4-5-9-21-16)20(25-24-15)19-12-18-17(23-19)8-6-10-22-18/h3-12,23-24H,2H2,1H3/b14-11+,15-3+. The van der Waals surface area contributed by atoms with Gasteiger partial charge in [0.2, 0.25) is 0 Å². The van der Waals surface area contributed by atoms with Crippen LogP contribution in [0.3, 0.4) is 0 Å². The summed E-state index contributed by atoms with van der Waals surface area (Å²) < 4.78 is 0. The number of nitrogens with one attached hydrogen (secondary N) is 2. The van der Waals surface area contributed by atoms with Crippen LogP contribution in [-0.2, 0) is 0 Å². The van der Waals surface area contributed by atoms with Gasteiger partial charge in [0.1, 0.15) is 5.69 Å².